The zero-order chi connectivity index (χ0) is 22.2. The summed E-state index contributed by atoms with van der Waals surface area (Å²) >= 11 is 0. The van der Waals surface area contributed by atoms with Crippen molar-refractivity contribution in [2.45, 2.75) is 33.0 Å². The Kier molecular flexibility index (Phi) is 5.62. The van der Waals surface area contributed by atoms with Crippen LogP contribution in [0.4, 0.5) is 4.39 Å². The summed E-state index contributed by atoms with van der Waals surface area (Å²) in [5.41, 5.74) is 3.90. The molecule has 1 atom stereocenters. The maximum atomic E-state index is 15.1. The summed E-state index contributed by atoms with van der Waals surface area (Å²) in [6.07, 6.45) is 4.73. The number of halogens is 1. The number of rotatable bonds is 6. The zero-order valence-corrected chi connectivity index (χ0v) is 18.4. The molecular weight excluding hydrogens is 419 g/mol. The van der Waals surface area contributed by atoms with Crippen molar-refractivity contribution < 1.29 is 17.5 Å². The van der Waals surface area contributed by atoms with Gasteiger partial charge >= 0.3 is 0 Å². The molecule has 2 heterocycles. The summed E-state index contributed by atoms with van der Waals surface area (Å²) in [7, 11) is -1.91. The third-order valence-corrected chi connectivity index (χ3v) is 7.37. The summed E-state index contributed by atoms with van der Waals surface area (Å²) in [5, 5.41) is 8.29. The van der Waals surface area contributed by atoms with Crippen LogP contribution in [-0.2, 0) is 16.4 Å². The van der Waals surface area contributed by atoms with Crippen molar-refractivity contribution in [1.82, 2.24) is 19.7 Å². The summed E-state index contributed by atoms with van der Waals surface area (Å²) in [6, 6.07) is 5.46. The first-order chi connectivity index (χ1) is 14.9. The first kappa shape index (κ1) is 21.2. The molecule has 4 rings (SSSR count). The van der Waals surface area contributed by atoms with Crippen LogP contribution in [0.5, 0.6) is 5.75 Å². The molecule has 0 saturated heterocycles. The number of alkyl halides is 1. The Bertz CT molecular complexity index is 1310. The van der Waals surface area contributed by atoms with Gasteiger partial charge in [-0.2, -0.15) is 5.10 Å². The molecule has 0 radical (unpaired) electrons. The highest BCUT2D eigenvalue weighted by molar-refractivity contribution is 7.95. The molecule has 3 aromatic rings. The predicted octanol–water partition coefficient (Wildman–Crippen LogP) is 3.97. The molecular formula is C22H23FN4O3S. The highest BCUT2D eigenvalue weighted by Gasteiger charge is 2.28. The second-order valence-electron chi connectivity index (χ2n) is 7.21. The molecule has 0 saturated carbocycles. The molecule has 0 spiro atoms. The van der Waals surface area contributed by atoms with Gasteiger partial charge in [-0.15, -0.1) is 5.10 Å². The number of benzene rings is 1. The van der Waals surface area contributed by atoms with Gasteiger partial charge in [0.05, 0.1) is 25.4 Å². The third kappa shape index (κ3) is 3.74. The number of sulfone groups is 1. The maximum Gasteiger partial charge on any atom is 0.183 e. The van der Waals surface area contributed by atoms with Crippen LogP contribution in [-0.4, -0.2) is 47.2 Å². The number of ether oxygens (including phenoxy) is 1. The minimum Gasteiger partial charge on any atom is -0.496 e. The van der Waals surface area contributed by atoms with E-state index in [9.17, 15) is 8.42 Å². The number of hydrogen-bond acceptors (Lipinski definition) is 6. The Morgan fingerprint density at radius 3 is 2.71 bits per heavy atom. The number of methoxy groups -OCH3 is 1. The Hall–Kier alpha value is -3.07. The van der Waals surface area contributed by atoms with Crippen LogP contribution in [0.2, 0.25) is 0 Å². The van der Waals surface area contributed by atoms with Crippen LogP contribution in [0.25, 0.3) is 27.9 Å². The third-order valence-electron chi connectivity index (χ3n) is 5.51. The first-order valence-corrected chi connectivity index (χ1v) is 11.7. The Morgan fingerprint density at radius 1 is 1.23 bits per heavy atom. The number of aromatic nitrogens is 4. The van der Waals surface area contributed by atoms with Gasteiger partial charge in [0.15, 0.2) is 15.5 Å². The number of imidazole rings is 1. The summed E-state index contributed by atoms with van der Waals surface area (Å²) in [4.78, 5) is 4.59. The number of allylic oxidation sites excluding steroid dienone is 4. The predicted molar refractivity (Wildman–Crippen MR) is 118 cm³/mol. The molecule has 31 heavy (non-hydrogen) atoms. The van der Waals surface area contributed by atoms with E-state index < -0.39 is 16.0 Å². The number of aryl methyl sites for hydroxylation is 1. The first-order valence-electron chi connectivity index (χ1n) is 10.0. The van der Waals surface area contributed by atoms with Crippen molar-refractivity contribution in [3.05, 3.63) is 53.3 Å². The lowest BCUT2D eigenvalue weighted by Crippen LogP contribution is -2.16. The number of hydrogen-bond donors (Lipinski definition) is 0. The molecule has 0 bridgehead atoms. The second kappa shape index (κ2) is 8.22. The van der Waals surface area contributed by atoms with Crippen molar-refractivity contribution in [2.75, 3.05) is 12.9 Å². The van der Waals surface area contributed by atoms with Crippen LogP contribution in [0.1, 0.15) is 25.8 Å². The SMILES string of the molecule is CCn1cnc2c(-c3ccc(OC)c(C4=CC=C(S(=O)(=O)CC)CC4F)c3)cnnc21. The van der Waals surface area contributed by atoms with E-state index >= 15 is 4.39 Å². The lowest BCUT2D eigenvalue weighted by atomic mass is 9.92. The number of nitrogens with zero attached hydrogens (tertiary/aromatic N) is 4. The average molecular weight is 443 g/mol. The van der Waals surface area contributed by atoms with Crippen molar-refractivity contribution in [1.29, 1.82) is 0 Å². The van der Waals surface area contributed by atoms with Gasteiger partial charge in [0.1, 0.15) is 17.4 Å². The molecule has 1 aromatic carbocycles. The van der Waals surface area contributed by atoms with Gasteiger partial charge in [0.2, 0.25) is 0 Å². The summed E-state index contributed by atoms with van der Waals surface area (Å²) in [5.74, 6) is 0.452. The van der Waals surface area contributed by atoms with Gasteiger partial charge in [0, 0.05) is 29.0 Å². The lowest BCUT2D eigenvalue weighted by molar-refractivity contribution is 0.398. The largest absolute Gasteiger partial charge is 0.496 e. The van der Waals surface area contributed by atoms with Gasteiger partial charge in [-0.1, -0.05) is 19.1 Å². The average Bonchev–Trinajstić information content (AvgIpc) is 3.22. The monoisotopic (exact) mass is 442 g/mol. The van der Waals surface area contributed by atoms with Crippen molar-refractivity contribution in [3.63, 3.8) is 0 Å². The van der Waals surface area contributed by atoms with Crippen LogP contribution in [0.3, 0.4) is 0 Å². The Labute approximate surface area is 180 Å². The molecule has 162 valence electrons. The minimum absolute atomic E-state index is 0.0526. The van der Waals surface area contributed by atoms with Gasteiger partial charge in [-0.3, -0.25) is 0 Å². The van der Waals surface area contributed by atoms with Gasteiger partial charge < -0.3 is 9.30 Å². The van der Waals surface area contributed by atoms with E-state index in [-0.39, 0.29) is 17.1 Å². The van der Waals surface area contributed by atoms with Crippen molar-refractivity contribution in [3.8, 4) is 16.9 Å². The lowest BCUT2D eigenvalue weighted by Gasteiger charge is -2.21. The zero-order valence-electron chi connectivity index (χ0n) is 17.5. The molecule has 0 aliphatic heterocycles. The summed E-state index contributed by atoms with van der Waals surface area (Å²) in [6.45, 7) is 4.27. The van der Waals surface area contributed by atoms with Crippen molar-refractivity contribution >= 4 is 26.6 Å². The fraction of sp³-hybridized carbons (Fsp3) is 0.318. The van der Waals surface area contributed by atoms with Gasteiger partial charge in [-0.05, 0) is 36.3 Å². The highest BCUT2D eigenvalue weighted by atomic mass is 32.2. The second-order valence-corrected chi connectivity index (χ2v) is 9.54. The van der Waals surface area contributed by atoms with Crippen LogP contribution in [0, 0.1) is 0 Å². The number of fused-ring (bicyclic) bond motifs is 1. The van der Waals surface area contributed by atoms with Crippen LogP contribution < -0.4 is 4.74 Å². The minimum atomic E-state index is -3.43. The normalized spacial score (nSPS) is 16.8. The van der Waals surface area contributed by atoms with Crippen LogP contribution >= 0.6 is 0 Å². The molecule has 1 unspecified atom stereocenters. The van der Waals surface area contributed by atoms with Gasteiger partial charge in [-0.25, -0.2) is 17.8 Å². The molecule has 2 aromatic heterocycles. The van der Waals surface area contributed by atoms with E-state index in [0.29, 0.717) is 34.6 Å². The maximum absolute atomic E-state index is 15.1. The van der Waals surface area contributed by atoms with E-state index in [1.165, 1.54) is 19.3 Å². The molecule has 1 aliphatic carbocycles. The fourth-order valence-electron chi connectivity index (χ4n) is 3.73. The van der Waals surface area contributed by atoms with Crippen LogP contribution in [0.15, 0.2) is 47.8 Å². The molecule has 0 N–H and O–H groups in total. The van der Waals surface area contributed by atoms with E-state index in [2.05, 4.69) is 15.2 Å². The molecule has 1 aliphatic rings. The molecule has 0 amide bonds. The molecule has 9 heteroatoms. The molecule has 0 fully saturated rings. The topological polar surface area (TPSA) is 87.0 Å². The molecule has 7 nitrogen and oxygen atoms in total. The summed E-state index contributed by atoms with van der Waals surface area (Å²) < 4.78 is 46.8. The van der Waals surface area contributed by atoms with E-state index in [1.807, 2.05) is 23.6 Å². The Morgan fingerprint density at radius 2 is 2.03 bits per heavy atom. The van der Waals surface area contributed by atoms with E-state index in [4.69, 9.17) is 4.74 Å². The van der Waals surface area contributed by atoms with Gasteiger partial charge in [0.25, 0.3) is 0 Å². The Balaban J connectivity index is 1.84. The standard InChI is InChI=1S/C22H23FN4O3S/c1-4-27-13-24-21-18(12-25-26-22(21)27)14-6-9-20(30-3)17(10-14)16-8-7-15(11-19(16)23)31(28,29)5-2/h6-10,12-13,19H,4-5,11H2,1-3H3. The van der Waals surface area contributed by atoms with E-state index in [0.717, 1.165) is 11.1 Å². The highest BCUT2D eigenvalue weighted by Crippen LogP contribution is 2.39. The van der Waals surface area contributed by atoms with Crippen molar-refractivity contribution in [2.24, 2.45) is 0 Å². The van der Waals surface area contributed by atoms with E-state index in [1.54, 1.807) is 25.5 Å². The smallest absolute Gasteiger partial charge is 0.183 e. The quantitative estimate of drug-likeness (QED) is 0.574. The fourth-order valence-corrected chi connectivity index (χ4v) is 4.78.